The maximum Gasteiger partial charge on any atom is 0.0720 e. The average molecular weight is 262 g/mol. The number of rotatable bonds is 5. The van der Waals surface area contributed by atoms with Gasteiger partial charge in [-0.2, -0.15) is 0 Å². The molecule has 1 aromatic carbocycles. The van der Waals surface area contributed by atoms with Crippen LogP contribution in [0.3, 0.4) is 0 Å². The third-order valence-corrected chi connectivity index (χ3v) is 4.43. The van der Waals surface area contributed by atoms with Crippen LogP contribution in [-0.2, 0) is 11.3 Å². The van der Waals surface area contributed by atoms with Crippen LogP contribution in [0.15, 0.2) is 30.3 Å². The third kappa shape index (κ3) is 4.05. The first-order valence-corrected chi connectivity index (χ1v) is 7.47. The highest BCUT2D eigenvalue weighted by Gasteiger charge is 2.32. The molecule has 0 aromatic heterocycles. The lowest BCUT2D eigenvalue weighted by molar-refractivity contribution is -0.0563. The zero-order valence-corrected chi connectivity index (χ0v) is 12.1. The van der Waals surface area contributed by atoms with Gasteiger partial charge in [-0.3, -0.25) is 0 Å². The molecule has 1 saturated carbocycles. The van der Waals surface area contributed by atoms with Gasteiger partial charge in [0.2, 0.25) is 0 Å². The number of ether oxygens (including phenoxy) is 1. The van der Waals surface area contributed by atoms with Crippen LogP contribution in [0.2, 0.25) is 0 Å². The van der Waals surface area contributed by atoms with Crippen molar-refractivity contribution < 1.29 is 9.84 Å². The number of aliphatic hydroxyl groups is 1. The number of aliphatic hydroxyl groups excluding tert-OH is 1. The first kappa shape index (κ1) is 14.5. The maximum absolute atomic E-state index is 9.40. The van der Waals surface area contributed by atoms with Gasteiger partial charge in [-0.15, -0.1) is 0 Å². The third-order valence-electron chi connectivity index (χ3n) is 4.43. The summed E-state index contributed by atoms with van der Waals surface area (Å²) in [6.45, 7) is 5.40. The van der Waals surface area contributed by atoms with Crippen LogP contribution in [0, 0.1) is 17.8 Å². The van der Waals surface area contributed by atoms with Crippen molar-refractivity contribution in [2.75, 3.05) is 6.61 Å². The van der Waals surface area contributed by atoms with Gasteiger partial charge in [-0.25, -0.2) is 0 Å². The highest BCUT2D eigenvalue weighted by Crippen LogP contribution is 2.35. The predicted molar refractivity (Wildman–Crippen MR) is 77.8 cm³/mol. The minimum atomic E-state index is 0.268. The van der Waals surface area contributed by atoms with Crippen molar-refractivity contribution in [3.05, 3.63) is 35.9 Å². The molecule has 0 bridgehead atoms. The van der Waals surface area contributed by atoms with E-state index in [1.54, 1.807) is 0 Å². The first-order chi connectivity index (χ1) is 9.20. The van der Waals surface area contributed by atoms with E-state index >= 15 is 0 Å². The summed E-state index contributed by atoms with van der Waals surface area (Å²) < 4.78 is 6.16. The molecule has 2 rings (SSSR count). The minimum absolute atomic E-state index is 0.268. The molecule has 1 fully saturated rings. The Bertz CT molecular complexity index is 363. The van der Waals surface area contributed by atoms with Crippen molar-refractivity contribution in [3.8, 4) is 0 Å². The van der Waals surface area contributed by atoms with E-state index in [1.165, 1.54) is 18.4 Å². The van der Waals surface area contributed by atoms with E-state index in [2.05, 4.69) is 38.1 Å². The summed E-state index contributed by atoms with van der Waals surface area (Å²) >= 11 is 0. The van der Waals surface area contributed by atoms with Gasteiger partial charge in [0.25, 0.3) is 0 Å². The molecule has 0 saturated heterocycles. The Kier molecular flexibility index (Phi) is 5.41. The van der Waals surface area contributed by atoms with Gasteiger partial charge in [0.05, 0.1) is 12.7 Å². The normalized spacial score (nSPS) is 29.1. The molecular formula is C17H26O2. The molecule has 0 spiro atoms. The SMILES string of the molecule is C[C@@H]1CC[C@@H]([C@@H](C)CO)[C@H](OCc2ccccc2)C1. The molecule has 0 radical (unpaired) electrons. The molecule has 0 unspecified atom stereocenters. The number of hydrogen-bond donors (Lipinski definition) is 1. The van der Waals surface area contributed by atoms with Gasteiger partial charge in [-0.05, 0) is 36.2 Å². The van der Waals surface area contributed by atoms with E-state index < -0.39 is 0 Å². The van der Waals surface area contributed by atoms with Crippen molar-refractivity contribution in [1.29, 1.82) is 0 Å². The molecule has 1 aliphatic rings. The van der Waals surface area contributed by atoms with Crippen molar-refractivity contribution in [1.82, 2.24) is 0 Å². The summed E-state index contributed by atoms with van der Waals surface area (Å²) in [5.41, 5.74) is 1.23. The molecular weight excluding hydrogens is 236 g/mol. The monoisotopic (exact) mass is 262 g/mol. The highest BCUT2D eigenvalue weighted by molar-refractivity contribution is 5.13. The average Bonchev–Trinajstić information content (AvgIpc) is 2.45. The van der Waals surface area contributed by atoms with Crippen LogP contribution in [0.1, 0.15) is 38.7 Å². The van der Waals surface area contributed by atoms with Gasteiger partial charge in [0.15, 0.2) is 0 Å². The lowest BCUT2D eigenvalue weighted by atomic mass is 9.75. The topological polar surface area (TPSA) is 29.5 Å². The fourth-order valence-electron chi connectivity index (χ4n) is 3.11. The van der Waals surface area contributed by atoms with Gasteiger partial charge in [0.1, 0.15) is 0 Å². The van der Waals surface area contributed by atoms with E-state index in [0.29, 0.717) is 24.5 Å². The summed E-state index contributed by atoms with van der Waals surface area (Å²) in [5, 5.41) is 9.40. The Morgan fingerprint density at radius 1 is 1.26 bits per heavy atom. The second-order valence-electron chi connectivity index (χ2n) is 6.08. The van der Waals surface area contributed by atoms with Crippen LogP contribution >= 0.6 is 0 Å². The van der Waals surface area contributed by atoms with Gasteiger partial charge >= 0.3 is 0 Å². The summed E-state index contributed by atoms with van der Waals surface area (Å²) in [5.74, 6) is 1.58. The molecule has 1 aromatic rings. The Labute approximate surface area is 116 Å². The molecule has 2 nitrogen and oxygen atoms in total. The Balaban J connectivity index is 1.94. The molecule has 1 N–H and O–H groups in total. The molecule has 106 valence electrons. The van der Waals surface area contributed by atoms with Crippen LogP contribution in [0.25, 0.3) is 0 Å². The molecule has 1 aliphatic carbocycles. The van der Waals surface area contributed by atoms with E-state index in [1.807, 2.05) is 6.07 Å². The fraction of sp³-hybridized carbons (Fsp3) is 0.647. The summed E-state index contributed by atoms with van der Waals surface area (Å²) in [6.07, 6.45) is 3.87. The lowest BCUT2D eigenvalue weighted by Crippen LogP contribution is -2.36. The van der Waals surface area contributed by atoms with E-state index in [-0.39, 0.29) is 6.61 Å². The van der Waals surface area contributed by atoms with E-state index in [9.17, 15) is 5.11 Å². The highest BCUT2D eigenvalue weighted by atomic mass is 16.5. The van der Waals surface area contributed by atoms with E-state index in [4.69, 9.17) is 4.74 Å². The Morgan fingerprint density at radius 3 is 2.68 bits per heavy atom. The van der Waals surface area contributed by atoms with Crippen LogP contribution in [0.5, 0.6) is 0 Å². The van der Waals surface area contributed by atoms with Gasteiger partial charge < -0.3 is 9.84 Å². The quantitative estimate of drug-likeness (QED) is 0.878. The molecule has 19 heavy (non-hydrogen) atoms. The second kappa shape index (κ2) is 7.06. The molecule has 0 aliphatic heterocycles. The second-order valence-corrected chi connectivity index (χ2v) is 6.08. The van der Waals surface area contributed by atoms with Crippen molar-refractivity contribution in [2.24, 2.45) is 17.8 Å². The van der Waals surface area contributed by atoms with Crippen LogP contribution in [0.4, 0.5) is 0 Å². The smallest absolute Gasteiger partial charge is 0.0720 e. The van der Waals surface area contributed by atoms with Crippen LogP contribution < -0.4 is 0 Å². The van der Waals surface area contributed by atoms with Crippen LogP contribution in [-0.4, -0.2) is 17.8 Å². The Morgan fingerprint density at radius 2 is 2.00 bits per heavy atom. The number of benzene rings is 1. The summed E-state index contributed by atoms with van der Waals surface area (Å²) in [6, 6.07) is 10.3. The minimum Gasteiger partial charge on any atom is -0.396 e. The fourth-order valence-corrected chi connectivity index (χ4v) is 3.11. The predicted octanol–water partition coefficient (Wildman–Crippen LogP) is 3.64. The summed E-state index contributed by atoms with van der Waals surface area (Å²) in [4.78, 5) is 0. The Hall–Kier alpha value is -0.860. The van der Waals surface area contributed by atoms with Crippen molar-refractivity contribution >= 4 is 0 Å². The standard InChI is InChI=1S/C17H26O2/c1-13-8-9-16(14(2)11-18)17(10-13)19-12-15-6-4-3-5-7-15/h3-7,13-14,16-18H,8-12H2,1-2H3/t13-,14+,16+,17-/m1/s1. The molecule has 0 heterocycles. The first-order valence-electron chi connectivity index (χ1n) is 7.47. The molecule has 0 amide bonds. The maximum atomic E-state index is 9.40. The van der Waals surface area contributed by atoms with Gasteiger partial charge in [-0.1, -0.05) is 50.6 Å². The zero-order chi connectivity index (χ0) is 13.7. The summed E-state index contributed by atoms with van der Waals surface area (Å²) in [7, 11) is 0. The largest absolute Gasteiger partial charge is 0.396 e. The van der Waals surface area contributed by atoms with E-state index in [0.717, 1.165) is 12.3 Å². The van der Waals surface area contributed by atoms with Crippen molar-refractivity contribution in [3.63, 3.8) is 0 Å². The molecule has 4 atom stereocenters. The van der Waals surface area contributed by atoms with Gasteiger partial charge in [0, 0.05) is 6.61 Å². The zero-order valence-electron chi connectivity index (χ0n) is 12.1. The molecule has 2 heteroatoms. The number of hydrogen-bond acceptors (Lipinski definition) is 2. The van der Waals surface area contributed by atoms with Crippen molar-refractivity contribution in [2.45, 2.75) is 45.8 Å². The lowest BCUT2D eigenvalue weighted by Gasteiger charge is -2.37.